The summed E-state index contributed by atoms with van der Waals surface area (Å²) < 4.78 is 0. The van der Waals surface area contributed by atoms with Crippen molar-refractivity contribution in [3.63, 3.8) is 0 Å². The Kier molecular flexibility index (Phi) is 3.28. The number of Topliss-reactive ketones (excluding diaryl/α,β-unsaturated/α-hetero) is 2. The SMILES string of the molecule is CC1(C)C=CC(C(=O)C(=O)c2ccccc2)=CC1. The van der Waals surface area contributed by atoms with Crippen LogP contribution in [0.25, 0.3) is 0 Å². The van der Waals surface area contributed by atoms with E-state index >= 15 is 0 Å². The van der Waals surface area contributed by atoms with Crippen LogP contribution >= 0.6 is 0 Å². The van der Waals surface area contributed by atoms with Crippen LogP contribution in [-0.2, 0) is 4.79 Å². The van der Waals surface area contributed by atoms with Crippen LogP contribution < -0.4 is 0 Å². The van der Waals surface area contributed by atoms with Gasteiger partial charge in [-0.3, -0.25) is 9.59 Å². The van der Waals surface area contributed by atoms with Gasteiger partial charge in [-0.1, -0.05) is 62.4 Å². The van der Waals surface area contributed by atoms with E-state index in [0.717, 1.165) is 6.42 Å². The van der Waals surface area contributed by atoms with Gasteiger partial charge < -0.3 is 0 Å². The summed E-state index contributed by atoms with van der Waals surface area (Å²) in [5.41, 5.74) is 1.02. The fourth-order valence-corrected chi connectivity index (χ4v) is 1.84. The summed E-state index contributed by atoms with van der Waals surface area (Å²) in [6, 6.07) is 8.67. The smallest absolute Gasteiger partial charge is 0.233 e. The lowest BCUT2D eigenvalue weighted by molar-refractivity contribution is -0.111. The topological polar surface area (TPSA) is 34.1 Å². The van der Waals surface area contributed by atoms with E-state index in [1.165, 1.54) is 0 Å². The van der Waals surface area contributed by atoms with Crippen LogP contribution in [0, 0.1) is 5.41 Å². The lowest BCUT2D eigenvalue weighted by atomic mass is 9.83. The van der Waals surface area contributed by atoms with Crippen LogP contribution in [0.5, 0.6) is 0 Å². The van der Waals surface area contributed by atoms with E-state index in [1.807, 2.05) is 18.2 Å². The lowest BCUT2D eigenvalue weighted by Gasteiger charge is -2.21. The fourth-order valence-electron chi connectivity index (χ4n) is 1.84. The molecule has 0 spiro atoms. The second kappa shape index (κ2) is 4.73. The Morgan fingerprint density at radius 2 is 1.72 bits per heavy atom. The van der Waals surface area contributed by atoms with Gasteiger partial charge in [-0.25, -0.2) is 0 Å². The van der Waals surface area contributed by atoms with Crippen molar-refractivity contribution in [2.45, 2.75) is 20.3 Å². The molecule has 2 heteroatoms. The van der Waals surface area contributed by atoms with Gasteiger partial charge in [-0.05, 0) is 11.8 Å². The van der Waals surface area contributed by atoms with E-state index in [4.69, 9.17) is 0 Å². The first-order valence-electron chi connectivity index (χ1n) is 6.03. The Hall–Kier alpha value is -1.96. The van der Waals surface area contributed by atoms with Gasteiger partial charge in [0.1, 0.15) is 0 Å². The molecule has 92 valence electrons. The monoisotopic (exact) mass is 240 g/mol. The largest absolute Gasteiger partial charge is 0.285 e. The predicted octanol–water partition coefficient (Wildman–Crippen LogP) is 3.35. The van der Waals surface area contributed by atoms with Crippen molar-refractivity contribution >= 4 is 11.6 Å². The minimum Gasteiger partial charge on any atom is -0.285 e. The molecular formula is C16H16O2. The number of carbonyl (C=O) groups excluding carboxylic acids is 2. The fraction of sp³-hybridized carbons (Fsp3) is 0.250. The molecule has 0 aliphatic heterocycles. The number of rotatable bonds is 3. The van der Waals surface area contributed by atoms with E-state index in [1.54, 1.807) is 30.3 Å². The molecule has 0 saturated heterocycles. The Bertz CT molecular complexity index is 533. The Morgan fingerprint density at radius 1 is 1.06 bits per heavy atom. The Morgan fingerprint density at radius 3 is 2.28 bits per heavy atom. The summed E-state index contributed by atoms with van der Waals surface area (Å²) in [6.45, 7) is 4.19. The quantitative estimate of drug-likeness (QED) is 0.599. The minimum absolute atomic E-state index is 0.0690. The highest BCUT2D eigenvalue weighted by molar-refractivity contribution is 6.49. The van der Waals surface area contributed by atoms with Crippen LogP contribution in [0.4, 0.5) is 0 Å². The molecule has 1 aliphatic rings. The van der Waals surface area contributed by atoms with Crippen LogP contribution in [0.15, 0.2) is 54.1 Å². The summed E-state index contributed by atoms with van der Waals surface area (Å²) in [5.74, 6) is -0.862. The Balaban J connectivity index is 2.17. The maximum atomic E-state index is 12.0. The third kappa shape index (κ3) is 2.65. The van der Waals surface area contributed by atoms with Gasteiger partial charge in [0.05, 0.1) is 0 Å². The molecule has 0 saturated carbocycles. The zero-order valence-corrected chi connectivity index (χ0v) is 10.6. The summed E-state index contributed by atoms with van der Waals surface area (Å²) in [7, 11) is 0. The molecule has 0 heterocycles. The predicted molar refractivity (Wildman–Crippen MR) is 71.4 cm³/mol. The molecule has 2 nitrogen and oxygen atoms in total. The highest BCUT2D eigenvalue weighted by Gasteiger charge is 2.23. The zero-order valence-electron chi connectivity index (χ0n) is 10.6. The van der Waals surface area contributed by atoms with Crippen molar-refractivity contribution in [1.29, 1.82) is 0 Å². The minimum atomic E-state index is -0.439. The van der Waals surface area contributed by atoms with E-state index in [-0.39, 0.29) is 5.41 Å². The van der Waals surface area contributed by atoms with Crippen LogP contribution in [0.3, 0.4) is 0 Å². The lowest BCUT2D eigenvalue weighted by Crippen LogP contribution is -2.19. The second-order valence-corrected chi connectivity index (χ2v) is 5.21. The molecular weight excluding hydrogens is 224 g/mol. The van der Waals surface area contributed by atoms with Gasteiger partial charge in [-0.15, -0.1) is 0 Å². The van der Waals surface area contributed by atoms with E-state index in [9.17, 15) is 9.59 Å². The van der Waals surface area contributed by atoms with Crippen molar-refractivity contribution < 1.29 is 9.59 Å². The summed E-state index contributed by atoms with van der Waals surface area (Å²) in [6.07, 6.45) is 6.38. The first kappa shape index (κ1) is 12.5. The average Bonchev–Trinajstić information content (AvgIpc) is 2.38. The Labute approximate surface area is 107 Å². The molecule has 0 bridgehead atoms. The maximum absolute atomic E-state index is 12.0. The zero-order chi connectivity index (χ0) is 13.2. The summed E-state index contributed by atoms with van der Waals surface area (Å²) in [4.78, 5) is 24.0. The number of carbonyl (C=O) groups is 2. The number of allylic oxidation sites excluding steroid dienone is 4. The van der Waals surface area contributed by atoms with Gasteiger partial charge in [0.15, 0.2) is 0 Å². The number of ketones is 2. The number of benzene rings is 1. The molecule has 2 rings (SSSR count). The van der Waals surface area contributed by atoms with Gasteiger partial charge in [0.25, 0.3) is 0 Å². The molecule has 0 aromatic heterocycles. The highest BCUT2D eigenvalue weighted by Crippen LogP contribution is 2.28. The molecule has 0 fully saturated rings. The standard InChI is InChI=1S/C16H16O2/c1-16(2)10-8-13(9-11-16)15(18)14(17)12-6-4-3-5-7-12/h3-10H,11H2,1-2H3. The van der Waals surface area contributed by atoms with Gasteiger partial charge >= 0.3 is 0 Å². The van der Waals surface area contributed by atoms with Crippen molar-refractivity contribution in [3.05, 3.63) is 59.7 Å². The van der Waals surface area contributed by atoms with Crippen molar-refractivity contribution in [3.8, 4) is 0 Å². The van der Waals surface area contributed by atoms with E-state index < -0.39 is 11.6 Å². The third-order valence-corrected chi connectivity index (χ3v) is 3.07. The van der Waals surface area contributed by atoms with Crippen LogP contribution in [0.1, 0.15) is 30.6 Å². The van der Waals surface area contributed by atoms with Gasteiger partial charge in [0.2, 0.25) is 11.6 Å². The third-order valence-electron chi connectivity index (χ3n) is 3.07. The van der Waals surface area contributed by atoms with Gasteiger partial charge in [-0.2, -0.15) is 0 Å². The maximum Gasteiger partial charge on any atom is 0.233 e. The van der Waals surface area contributed by atoms with Crippen LogP contribution in [-0.4, -0.2) is 11.6 Å². The molecule has 0 N–H and O–H groups in total. The van der Waals surface area contributed by atoms with E-state index in [0.29, 0.717) is 11.1 Å². The summed E-state index contributed by atoms with van der Waals surface area (Å²) in [5, 5.41) is 0. The number of hydrogen-bond donors (Lipinski definition) is 0. The first-order valence-corrected chi connectivity index (χ1v) is 6.03. The highest BCUT2D eigenvalue weighted by atomic mass is 16.2. The van der Waals surface area contributed by atoms with Crippen molar-refractivity contribution in [1.82, 2.24) is 0 Å². The van der Waals surface area contributed by atoms with E-state index in [2.05, 4.69) is 13.8 Å². The molecule has 0 atom stereocenters. The summed E-state index contributed by atoms with van der Waals surface area (Å²) >= 11 is 0. The molecule has 1 aliphatic carbocycles. The molecule has 0 amide bonds. The van der Waals surface area contributed by atoms with Gasteiger partial charge in [0, 0.05) is 11.1 Å². The van der Waals surface area contributed by atoms with Crippen LogP contribution in [0.2, 0.25) is 0 Å². The van der Waals surface area contributed by atoms with Crippen molar-refractivity contribution in [2.75, 3.05) is 0 Å². The average molecular weight is 240 g/mol. The molecule has 0 radical (unpaired) electrons. The van der Waals surface area contributed by atoms with Crippen molar-refractivity contribution in [2.24, 2.45) is 5.41 Å². The molecule has 18 heavy (non-hydrogen) atoms. The normalized spacial score (nSPS) is 17.1. The molecule has 0 unspecified atom stereocenters. The second-order valence-electron chi connectivity index (χ2n) is 5.21. The number of hydrogen-bond acceptors (Lipinski definition) is 2. The molecule has 1 aromatic rings. The first-order chi connectivity index (χ1) is 8.49. The molecule has 1 aromatic carbocycles.